The summed E-state index contributed by atoms with van der Waals surface area (Å²) in [5.41, 5.74) is 1.34. The van der Waals surface area contributed by atoms with Gasteiger partial charge in [0.25, 0.3) is 0 Å². The lowest BCUT2D eigenvalue weighted by molar-refractivity contribution is 0.0645. The van der Waals surface area contributed by atoms with E-state index in [0.717, 1.165) is 37.3 Å². The summed E-state index contributed by atoms with van der Waals surface area (Å²) in [6.07, 6.45) is 0. The van der Waals surface area contributed by atoms with Crippen molar-refractivity contribution in [2.24, 2.45) is 0 Å². The fourth-order valence-electron chi connectivity index (χ4n) is 2.08. The molecule has 1 atom stereocenters. The Hall–Kier alpha value is -0.420. The Morgan fingerprint density at radius 2 is 2.18 bits per heavy atom. The lowest BCUT2D eigenvalue weighted by atomic mass is 10.2. The first-order valence-corrected chi connectivity index (χ1v) is 6.77. The first kappa shape index (κ1) is 13.0. The fraction of sp³-hybridized carbons (Fsp3) is 0.538. The van der Waals surface area contributed by atoms with Gasteiger partial charge in [-0.2, -0.15) is 0 Å². The van der Waals surface area contributed by atoms with E-state index >= 15 is 0 Å². The molecule has 94 valence electrons. The molecule has 17 heavy (non-hydrogen) atoms. The predicted octanol–water partition coefficient (Wildman–Crippen LogP) is 1.87. The van der Waals surface area contributed by atoms with E-state index in [2.05, 4.69) is 57.5 Å². The van der Waals surface area contributed by atoms with Gasteiger partial charge in [0.1, 0.15) is 0 Å². The molecule has 4 heteroatoms. The maximum Gasteiger partial charge on any atom is 0.0632 e. The minimum Gasteiger partial charge on any atom is -0.378 e. The van der Waals surface area contributed by atoms with Gasteiger partial charge < -0.3 is 15.0 Å². The van der Waals surface area contributed by atoms with Crippen LogP contribution in [0.2, 0.25) is 0 Å². The molecular formula is C13H19BrN2O. The van der Waals surface area contributed by atoms with E-state index in [4.69, 9.17) is 4.74 Å². The van der Waals surface area contributed by atoms with E-state index in [1.54, 1.807) is 0 Å². The molecule has 1 saturated heterocycles. The van der Waals surface area contributed by atoms with Gasteiger partial charge in [0.15, 0.2) is 0 Å². The molecule has 1 unspecified atom stereocenters. The molecule has 0 aromatic heterocycles. The number of nitrogens with one attached hydrogen (secondary N) is 1. The molecule has 1 aromatic rings. The number of benzene rings is 1. The Morgan fingerprint density at radius 1 is 1.41 bits per heavy atom. The molecule has 0 radical (unpaired) electrons. The molecule has 0 bridgehead atoms. The SMILES string of the molecule is CN(Cc1ccc(Br)cc1)CC1COCCN1. The van der Waals surface area contributed by atoms with Gasteiger partial charge in [0.05, 0.1) is 13.2 Å². The van der Waals surface area contributed by atoms with Crippen LogP contribution in [0.1, 0.15) is 5.56 Å². The number of nitrogens with zero attached hydrogens (tertiary/aromatic N) is 1. The van der Waals surface area contributed by atoms with Crippen molar-refractivity contribution in [1.29, 1.82) is 0 Å². The number of halogens is 1. The molecule has 1 aromatic carbocycles. The monoisotopic (exact) mass is 298 g/mol. The van der Waals surface area contributed by atoms with Gasteiger partial charge in [-0.15, -0.1) is 0 Å². The molecule has 1 aliphatic heterocycles. The zero-order valence-corrected chi connectivity index (χ0v) is 11.7. The lowest BCUT2D eigenvalue weighted by Gasteiger charge is -2.28. The van der Waals surface area contributed by atoms with Gasteiger partial charge >= 0.3 is 0 Å². The fourth-order valence-corrected chi connectivity index (χ4v) is 2.34. The summed E-state index contributed by atoms with van der Waals surface area (Å²) in [5, 5.41) is 3.47. The number of morpholine rings is 1. The van der Waals surface area contributed by atoms with Crippen molar-refractivity contribution in [2.75, 3.05) is 33.4 Å². The van der Waals surface area contributed by atoms with E-state index in [9.17, 15) is 0 Å². The van der Waals surface area contributed by atoms with Crippen molar-refractivity contribution in [2.45, 2.75) is 12.6 Å². The molecule has 1 fully saturated rings. The van der Waals surface area contributed by atoms with Crippen molar-refractivity contribution in [3.63, 3.8) is 0 Å². The maximum atomic E-state index is 5.45. The second-order valence-corrected chi connectivity index (χ2v) is 5.46. The van der Waals surface area contributed by atoms with Crippen LogP contribution in [0, 0.1) is 0 Å². The van der Waals surface area contributed by atoms with Crippen LogP contribution in [0.15, 0.2) is 28.7 Å². The highest BCUT2D eigenvalue weighted by Gasteiger charge is 2.14. The molecule has 0 aliphatic carbocycles. The van der Waals surface area contributed by atoms with Crippen molar-refractivity contribution in [3.8, 4) is 0 Å². The molecular weight excluding hydrogens is 280 g/mol. The highest BCUT2D eigenvalue weighted by Crippen LogP contribution is 2.12. The van der Waals surface area contributed by atoms with Crippen LogP contribution in [0.4, 0.5) is 0 Å². The van der Waals surface area contributed by atoms with Crippen molar-refractivity contribution in [1.82, 2.24) is 10.2 Å². The molecule has 2 rings (SSSR count). The van der Waals surface area contributed by atoms with Crippen LogP contribution in [0.5, 0.6) is 0 Å². The first-order chi connectivity index (χ1) is 8.24. The second kappa shape index (κ2) is 6.50. The number of rotatable bonds is 4. The Labute approximate surface area is 111 Å². The summed E-state index contributed by atoms with van der Waals surface area (Å²) in [7, 11) is 2.15. The van der Waals surface area contributed by atoms with Gasteiger partial charge in [0.2, 0.25) is 0 Å². The van der Waals surface area contributed by atoms with Gasteiger partial charge in [-0.1, -0.05) is 28.1 Å². The molecule has 0 saturated carbocycles. The summed E-state index contributed by atoms with van der Waals surface area (Å²) < 4.78 is 6.58. The maximum absolute atomic E-state index is 5.45. The van der Waals surface area contributed by atoms with Crippen LogP contribution in [-0.4, -0.2) is 44.3 Å². The highest BCUT2D eigenvalue weighted by atomic mass is 79.9. The van der Waals surface area contributed by atoms with Crippen molar-refractivity contribution >= 4 is 15.9 Å². The molecule has 0 spiro atoms. The second-order valence-electron chi connectivity index (χ2n) is 4.55. The molecule has 3 nitrogen and oxygen atoms in total. The smallest absolute Gasteiger partial charge is 0.0632 e. The van der Waals surface area contributed by atoms with Gasteiger partial charge in [-0.25, -0.2) is 0 Å². The van der Waals surface area contributed by atoms with E-state index in [0.29, 0.717) is 6.04 Å². The van der Waals surface area contributed by atoms with Gasteiger partial charge in [-0.05, 0) is 24.7 Å². The third kappa shape index (κ3) is 4.39. The van der Waals surface area contributed by atoms with Crippen LogP contribution in [0.25, 0.3) is 0 Å². The number of ether oxygens (including phenoxy) is 1. The van der Waals surface area contributed by atoms with Crippen LogP contribution in [-0.2, 0) is 11.3 Å². The third-order valence-corrected chi connectivity index (χ3v) is 3.42. The van der Waals surface area contributed by atoms with Crippen molar-refractivity contribution < 1.29 is 4.74 Å². The Morgan fingerprint density at radius 3 is 2.82 bits per heavy atom. The van der Waals surface area contributed by atoms with E-state index in [1.165, 1.54) is 5.56 Å². The molecule has 1 heterocycles. The highest BCUT2D eigenvalue weighted by molar-refractivity contribution is 9.10. The minimum atomic E-state index is 0.462. The van der Waals surface area contributed by atoms with Crippen LogP contribution < -0.4 is 5.32 Å². The summed E-state index contributed by atoms with van der Waals surface area (Å²) >= 11 is 3.45. The van der Waals surface area contributed by atoms with Crippen LogP contribution >= 0.6 is 15.9 Å². The van der Waals surface area contributed by atoms with Crippen LogP contribution in [0.3, 0.4) is 0 Å². The summed E-state index contributed by atoms with van der Waals surface area (Å²) in [5.74, 6) is 0. The topological polar surface area (TPSA) is 24.5 Å². The van der Waals surface area contributed by atoms with E-state index in [1.807, 2.05) is 0 Å². The predicted molar refractivity (Wildman–Crippen MR) is 73.1 cm³/mol. The Bertz CT molecular complexity index is 336. The number of hydrogen-bond acceptors (Lipinski definition) is 3. The zero-order chi connectivity index (χ0) is 12.1. The zero-order valence-electron chi connectivity index (χ0n) is 10.2. The molecule has 0 amide bonds. The molecule has 1 N–H and O–H groups in total. The Balaban J connectivity index is 1.79. The third-order valence-electron chi connectivity index (χ3n) is 2.90. The summed E-state index contributed by atoms with van der Waals surface area (Å²) in [6, 6.07) is 8.96. The summed E-state index contributed by atoms with van der Waals surface area (Å²) in [6.45, 7) is 4.63. The van der Waals surface area contributed by atoms with Gasteiger partial charge in [0, 0.05) is 30.1 Å². The lowest BCUT2D eigenvalue weighted by Crippen LogP contribution is -2.47. The summed E-state index contributed by atoms with van der Waals surface area (Å²) in [4.78, 5) is 2.33. The van der Waals surface area contributed by atoms with E-state index in [-0.39, 0.29) is 0 Å². The van der Waals surface area contributed by atoms with E-state index < -0.39 is 0 Å². The molecule has 1 aliphatic rings. The normalized spacial score (nSPS) is 20.8. The van der Waals surface area contributed by atoms with Gasteiger partial charge in [-0.3, -0.25) is 0 Å². The quantitative estimate of drug-likeness (QED) is 0.918. The minimum absolute atomic E-state index is 0.462. The largest absolute Gasteiger partial charge is 0.378 e. The average molecular weight is 299 g/mol. The Kier molecular flexibility index (Phi) is 4.98. The van der Waals surface area contributed by atoms with Crippen molar-refractivity contribution in [3.05, 3.63) is 34.3 Å². The number of hydrogen-bond donors (Lipinski definition) is 1. The standard InChI is InChI=1S/C13H19BrN2O/c1-16(9-13-10-17-7-6-15-13)8-11-2-4-12(14)5-3-11/h2-5,13,15H,6-10H2,1H3. The first-order valence-electron chi connectivity index (χ1n) is 5.98. The average Bonchev–Trinajstić information content (AvgIpc) is 2.33. The number of likely N-dealkylation sites (N-methyl/N-ethyl adjacent to an activating group) is 1.